The van der Waals surface area contributed by atoms with Gasteiger partial charge in [0, 0.05) is 17.6 Å². The summed E-state index contributed by atoms with van der Waals surface area (Å²) < 4.78 is 0. The molecule has 0 spiro atoms. The van der Waals surface area contributed by atoms with E-state index < -0.39 is 17.9 Å². The highest BCUT2D eigenvalue weighted by molar-refractivity contribution is 7.99. The van der Waals surface area contributed by atoms with Crippen LogP contribution in [0.3, 0.4) is 0 Å². The first-order chi connectivity index (χ1) is 7.59. The molecule has 16 heavy (non-hydrogen) atoms. The standard InChI is InChI=1S/C9H11NO4S2/c11-8(12)2-1-6(9(13)14)3-16-7-4-15-5-10-7/h4-6H,1-3H2,(H,11,12)(H,13,14). The zero-order chi connectivity index (χ0) is 12.0. The van der Waals surface area contributed by atoms with Gasteiger partial charge in [0.25, 0.3) is 0 Å². The molecule has 0 amide bonds. The Balaban J connectivity index is 2.39. The molecule has 1 heterocycles. The van der Waals surface area contributed by atoms with Gasteiger partial charge in [-0.15, -0.1) is 23.1 Å². The van der Waals surface area contributed by atoms with E-state index >= 15 is 0 Å². The first-order valence-electron chi connectivity index (χ1n) is 4.55. The number of carboxylic acids is 2. The summed E-state index contributed by atoms with van der Waals surface area (Å²) in [6, 6.07) is 0. The van der Waals surface area contributed by atoms with E-state index in [-0.39, 0.29) is 12.8 Å². The summed E-state index contributed by atoms with van der Waals surface area (Å²) in [5.74, 6) is -2.21. The normalized spacial score (nSPS) is 12.2. The highest BCUT2D eigenvalue weighted by atomic mass is 32.2. The quantitative estimate of drug-likeness (QED) is 0.728. The molecule has 0 saturated carbocycles. The molecule has 0 radical (unpaired) electrons. The van der Waals surface area contributed by atoms with E-state index in [1.165, 1.54) is 23.1 Å². The zero-order valence-electron chi connectivity index (χ0n) is 8.33. The lowest BCUT2D eigenvalue weighted by Gasteiger charge is -2.09. The van der Waals surface area contributed by atoms with Crippen LogP contribution in [0.1, 0.15) is 12.8 Å². The monoisotopic (exact) mass is 261 g/mol. The molecule has 0 aliphatic rings. The van der Waals surface area contributed by atoms with Gasteiger partial charge >= 0.3 is 11.9 Å². The van der Waals surface area contributed by atoms with E-state index in [9.17, 15) is 9.59 Å². The molecule has 1 atom stereocenters. The Morgan fingerprint density at radius 1 is 1.50 bits per heavy atom. The van der Waals surface area contributed by atoms with Gasteiger partial charge in [0.2, 0.25) is 0 Å². The van der Waals surface area contributed by atoms with Gasteiger partial charge < -0.3 is 10.2 Å². The van der Waals surface area contributed by atoms with E-state index in [0.717, 1.165) is 5.03 Å². The number of carboxylic acid groups (broad SMARTS) is 2. The van der Waals surface area contributed by atoms with Crippen LogP contribution in [0, 0.1) is 5.92 Å². The first-order valence-corrected chi connectivity index (χ1v) is 6.48. The number of thiazole rings is 1. The van der Waals surface area contributed by atoms with Crippen molar-refractivity contribution in [1.82, 2.24) is 4.98 Å². The summed E-state index contributed by atoms with van der Waals surface area (Å²) >= 11 is 2.79. The van der Waals surface area contributed by atoms with Crippen molar-refractivity contribution in [2.45, 2.75) is 17.9 Å². The highest BCUT2D eigenvalue weighted by Gasteiger charge is 2.19. The van der Waals surface area contributed by atoms with Crippen LogP contribution in [0.25, 0.3) is 0 Å². The fourth-order valence-electron chi connectivity index (χ4n) is 1.03. The number of hydrogen-bond acceptors (Lipinski definition) is 5. The smallest absolute Gasteiger partial charge is 0.307 e. The predicted octanol–water partition coefficient (Wildman–Crippen LogP) is 1.80. The maximum Gasteiger partial charge on any atom is 0.307 e. The van der Waals surface area contributed by atoms with Crippen LogP contribution in [0.2, 0.25) is 0 Å². The van der Waals surface area contributed by atoms with Gasteiger partial charge in [0.15, 0.2) is 0 Å². The second-order valence-corrected chi connectivity index (χ2v) is 4.86. The fourth-order valence-corrected chi connectivity index (χ4v) is 2.76. The Bertz CT molecular complexity index is 352. The van der Waals surface area contributed by atoms with Gasteiger partial charge in [-0.3, -0.25) is 9.59 Å². The van der Waals surface area contributed by atoms with Gasteiger partial charge in [-0.05, 0) is 6.42 Å². The fraction of sp³-hybridized carbons (Fsp3) is 0.444. The number of carbonyl (C=O) groups is 2. The Morgan fingerprint density at radius 2 is 2.25 bits per heavy atom. The highest BCUT2D eigenvalue weighted by Crippen LogP contribution is 2.22. The van der Waals surface area contributed by atoms with E-state index in [1.807, 2.05) is 5.38 Å². The van der Waals surface area contributed by atoms with Gasteiger partial charge in [0.05, 0.1) is 11.4 Å². The lowest BCUT2D eigenvalue weighted by Crippen LogP contribution is -2.17. The van der Waals surface area contributed by atoms with Crippen molar-refractivity contribution in [3.05, 3.63) is 10.9 Å². The molecule has 0 bridgehead atoms. The Kier molecular flexibility index (Phi) is 5.27. The lowest BCUT2D eigenvalue weighted by molar-refractivity contribution is -0.142. The molecule has 0 aliphatic heterocycles. The number of hydrogen-bond donors (Lipinski definition) is 2. The minimum atomic E-state index is -0.968. The summed E-state index contributed by atoms with van der Waals surface area (Å²) in [6.45, 7) is 0. The van der Waals surface area contributed by atoms with Crippen molar-refractivity contribution >= 4 is 35.0 Å². The number of nitrogens with zero attached hydrogens (tertiary/aromatic N) is 1. The summed E-state index contributed by atoms with van der Waals surface area (Å²) in [7, 11) is 0. The van der Waals surface area contributed by atoms with Crippen LogP contribution in [0.5, 0.6) is 0 Å². The predicted molar refractivity (Wildman–Crippen MR) is 60.8 cm³/mol. The zero-order valence-corrected chi connectivity index (χ0v) is 9.96. The van der Waals surface area contributed by atoms with E-state index in [2.05, 4.69) is 4.98 Å². The van der Waals surface area contributed by atoms with Crippen molar-refractivity contribution in [3.8, 4) is 0 Å². The summed E-state index contributed by atoms with van der Waals surface area (Å²) in [5, 5.41) is 20.0. The molecular weight excluding hydrogens is 250 g/mol. The van der Waals surface area contributed by atoms with Crippen LogP contribution < -0.4 is 0 Å². The summed E-state index contributed by atoms with van der Waals surface area (Å²) in [5.41, 5.74) is 1.68. The second-order valence-electron chi connectivity index (χ2n) is 3.11. The van der Waals surface area contributed by atoms with Crippen LogP contribution >= 0.6 is 23.1 Å². The van der Waals surface area contributed by atoms with Crippen molar-refractivity contribution in [2.75, 3.05) is 5.75 Å². The van der Waals surface area contributed by atoms with Gasteiger partial charge in [-0.25, -0.2) is 4.98 Å². The molecule has 1 rings (SSSR count). The van der Waals surface area contributed by atoms with E-state index in [4.69, 9.17) is 10.2 Å². The molecule has 88 valence electrons. The topological polar surface area (TPSA) is 87.5 Å². The molecule has 0 fully saturated rings. The lowest BCUT2D eigenvalue weighted by atomic mass is 10.1. The minimum absolute atomic E-state index is 0.116. The molecule has 1 aromatic heterocycles. The average molecular weight is 261 g/mol. The summed E-state index contributed by atoms with van der Waals surface area (Å²) in [6.07, 6.45) is 0.0381. The van der Waals surface area contributed by atoms with Crippen LogP contribution in [0.15, 0.2) is 15.9 Å². The minimum Gasteiger partial charge on any atom is -0.481 e. The first kappa shape index (κ1) is 13.0. The largest absolute Gasteiger partial charge is 0.481 e. The number of aromatic nitrogens is 1. The SMILES string of the molecule is O=C(O)CCC(CSc1cscn1)C(=O)O. The molecule has 2 N–H and O–H groups in total. The molecule has 0 saturated heterocycles. The van der Waals surface area contributed by atoms with Crippen molar-refractivity contribution < 1.29 is 19.8 Å². The Labute approximate surface area is 101 Å². The number of aliphatic carboxylic acids is 2. The average Bonchev–Trinajstić information content (AvgIpc) is 2.69. The molecule has 0 aromatic carbocycles. The van der Waals surface area contributed by atoms with E-state index in [1.54, 1.807) is 5.51 Å². The maximum absolute atomic E-state index is 10.8. The third kappa shape index (κ3) is 4.63. The number of thioether (sulfide) groups is 1. The molecule has 1 unspecified atom stereocenters. The third-order valence-electron chi connectivity index (χ3n) is 1.90. The second kappa shape index (κ2) is 6.49. The molecule has 5 nitrogen and oxygen atoms in total. The van der Waals surface area contributed by atoms with Crippen molar-refractivity contribution in [2.24, 2.45) is 5.92 Å². The van der Waals surface area contributed by atoms with Gasteiger partial charge in [-0.2, -0.15) is 0 Å². The van der Waals surface area contributed by atoms with Crippen molar-refractivity contribution in [3.63, 3.8) is 0 Å². The summed E-state index contributed by atoms with van der Waals surface area (Å²) in [4.78, 5) is 25.2. The van der Waals surface area contributed by atoms with Crippen LogP contribution in [-0.2, 0) is 9.59 Å². The molecule has 7 heteroatoms. The number of rotatable bonds is 7. The van der Waals surface area contributed by atoms with Crippen LogP contribution in [-0.4, -0.2) is 32.9 Å². The van der Waals surface area contributed by atoms with Gasteiger partial charge in [-0.1, -0.05) is 0 Å². The Morgan fingerprint density at radius 3 is 2.75 bits per heavy atom. The molecule has 0 aliphatic carbocycles. The van der Waals surface area contributed by atoms with Gasteiger partial charge in [0.1, 0.15) is 5.03 Å². The van der Waals surface area contributed by atoms with Crippen molar-refractivity contribution in [1.29, 1.82) is 0 Å². The Hall–Kier alpha value is -1.08. The maximum atomic E-state index is 10.8. The molecule has 1 aromatic rings. The molecular formula is C9H11NO4S2. The third-order valence-corrected chi connectivity index (χ3v) is 3.72. The van der Waals surface area contributed by atoms with E-state index in [0.29, 0.717) is 5.75 Å². The van der Waals surface area contributed by atoms with Crippen LogP contribution in [0.4, 0.5) is 0 Å².